The van der Waals surface area contributed by atoms with Crippen molar-refractivity contribution in [3.05, 3.63) is 53.6 Å². The Balaban J connectivity index is 2.00. The van der Waals surface area contributed by atoms with Crippen LogP contribution in [0.3, 0.4) is 0 Å². The van der Waals surface area contributed by atoms with Gasteiger partial charge >= 0.3 is 5.97 Å². The maximum atomic E-state index is 12.6. The van der Waals surface area contributed by atoms with Gasteiger partial charge in [-0.25, -0.2) is 0 Å². The lowest BCUT2D eigenvalue weighted by molar-refractivity contribution is -0.152. The lowest BCUT2D eigenvalue weighted by Crippen LogP contribution is -2.39. The van der Waals surface area contributed by atoms with Crippen LogP contribution in [0.4, 0.5) is 0 Å². The topological polar surface area (TPSA) is 74.3 Å². The third kappa shape index (κ3) is 6.14. The Morgan fingerprint density at radius 2 is 1.50 bits per heavy atom. The molecule has 0 aliphatic heterocycles. The van der Waals surface area contributed by atoms with Gasteiger partial charge in [0.2, 0.25) is 5.75 Å². The molecule has 0 spiro atoms. The van der Waals surface area contributed by atoms with E-state index in [1.54, 1.807) is 17.0 Å². The van der Waals surface area contributed by atoms with E-state index in [0.717, 1.165) is 5.56 Å². The van der Waals surface area contributed by atoms with Gasteiger partial charge in [0, 0.05) is 12.6 Å². The number of benzene rings is 2. The van der Waals surface area contributed by atoms with Gasteiger partial charge < -0.3 is 23.8 Å². The van der Waals surface area contributed by atoms with E-state index in [9.17, 15) is 9.59 Å². The van der Waals surface area contributed by atoms with E-state index in [1.165, 1.54) is 21.3 Å². The van der Waals surface area contributed by atoms with Crippen LogP contribution in [0.2, 0.25) is 0 Å². The van der Waals surface area contributed by atoms with Crippen LogP contribution in [0, 0.1) is 0 Å². The number of rotatable bonds is 10. The summed E-state index contributed by atoms with van der Waals surface area (Å²) >= 11 is 0. The molecule has 2 aromatic carbocycles. The molecule has 0 fully saturated rings. The molecule has 0 N–H and O–H groups in total. The minimum Gasteiger partial charge on any atom is -0.493 e. The summed E-state index contributed by atoms with van der Waals surface area (Å²) in [6.07, 6.45) is -0.0235. The van der Waals surface area contributed by atoms with Gasteiger partial charge in [-0.3, -0.25) is 9.59 Å². The smallest absolute Gasteiger partial charge is 0.310 e. The van der Waals surface area contributed by atoms with Crippen molar-refractivity contribution >= 4 is 11.9 Å². The largest absolute Gasteiger partial charge is 0.493 e. The fourth-order valence-corrected chi connectivity index (χ4v) is 3.02. The zero-order chi connectivity index (χ0) is 22.1. The van der Waals surface area contributed by atoms with Crippen LogP contribution in [0.15, 0.2) is 42.5 Å². The molecule has 162 valence electrons. The zero-order valence-corrected chi connectivity index (χ0v) is 18.1. The highest BCUT2D eigenvalue weighted by Gasteiger charge is 2.20. The number of nitrogens with zero attached hydrogens (tertiary/aromatic N) is 1. The second-order valence-corrected chi connectivity index (χ2v) is 6.97. The van der Waals surface area contributed by atoms with Crippen molar-refractivity contribution in [1.29, 1.82) is 0 Å². The second kappa shape index (κ2) is 11.1. The molecule has 2 rings (SSSR count). The predicted molar refractivity (Wildman–Crippen MR) is 113 cm³/mol. The number of hydrogen-bond acceptors (Lipinski definition) is 6. The van der Waals surface area contributed by atoms with Crippen LogP contribution in [0.1, 0.15) is 25.0 Å². The van der Waals surface area contributed by atoms with Gasteiger partial charge in [0.1, 0.15) is 0 Å². The molecular formula is C23H29NO6. The Bertz CT molecular complexity index is 825. The Kier molecular flexibility index (Phi) is 8.53. The van der Waals surface area contributed by atoms with Crippen LogP contribution in [-0.2, 0) is 27.3 Å². The fourth-order valence-electron chi connectivity index (χ4n) is 3.02. The molecule has 0 heterocycles. The van der Waals surface area contributed by atoms with Crippen LogP contribution in [0.25, 0.3) is 0 Å². The van der Waals surface area contributed by atoms with Crippen molar-refractivity contribution in [3.8, 4) is 17.2 Å². The number of hydrogen-bond donors (Lipinski definition) is 0. The predicted octanol–water partition coefficient (Wildman–Crippen LogP) is 3.24. The van der Waals surface area contributed by atoms with Gasteiger partial charge in [0.25, 0.3) is 5.91 Å². The molecule has 0 aliphatic carbocycles. The first-order valence-corrected chi connectivity index (χ1v) is 9.67. The maximum absolute atomic E-state index is 12.6. The van der Waals surface area contributed by atoms with Gasteiger partial charge in [-0.2, -0.15) is 0 Å². The van der Waals surface area contributed by atoms with Crippen molar-refractivity contribution in [2.75, 3.05) is 27.9 Å². The van der Waals surface area contributed by atoms with E-state index < -0.39 is 5.97 Å². The van der Waals surface area contributed by atoms with Gasteiger partial charge in [0.15, 0.2) is 18.1 Å². The molecular weight excluding hydrogens is 386 g/mol. The summed E-state index contributed by atoms with van der Waals surface area (Å²) in [5, 5.41) is 0. The number of methoxy groups -OCH3 is 3. The number of carbonyl (C=O) groups is 2. The first-order valence-electron chi connectivity index (χ1n) is 9.67. The standard InChI is InChI=1S/C23H29NO6/c1-16(2)24(14-17-9-7-6-8-10-17)21(25)15-30-22(26)13-18-11-19(27-3)23(29-5)20(12-18)28-4/h6-12,16H,13-15H2,1-5H3. The molecule has 2 aromatic rings. The van der Waals surface area contributed by atoms with Crippen LogP contribution < -0.4 is 14.2 Å². The van der Waals surface area contributed by atoms with E-state index >= 15 is 0 Å². The molecule has 0 bridgehead atoms. The van der Waals surface area contributed by atoms with Gasteiger partial charge in [-0.05, 0) is 37.1 Å². The van der Waals surface area contributed by atoms with Gasteiger partial charge in [-0.1, -0.05) is 30.3 Å². The number of carbonyl (C=O) groups excluding carboxylic acids is 2. The summed E-state index contributed by atoms with van der Waals surface area (Å²) in [6, 6.07) is 13.0. The molecule has 0 atom stereocenters. The quantitative estimate of drug-likeness (QED) is 0.555. The number of ether oxygens (including phenoxy) is 4. The van der Waals surface area contributed by atoms with Crippen LogP contribution in [-0.4, -0.2) is 50.8 Å². The lowest BCUT2D eigenvalue weighted by Gasteiger charge is -2.26. The normalized spacial score (nSPS) is 10.5. The van der Waals surface area contributed by atoms with E-state index in [-0.39, 0.29) is 25.0 Å². The summed E-state index contributed by atoms with van der Waals surface area (Å²) in [5.41, 5.74) is 1.65. The lowest BCUT2D eigenvalue weighted by atomic mass is 10.1. The molecule has 7 nitrogen and oxygen atoms in total. The summed E-state index contributed by atoms with van der Waals surface area (Å²) in [4.78, 5) is 26.6. The summed E-state index contributed by atoms with van der Waals surface area (Å²) in [6.45, 7) is 4.01. The average molecular weight is 415 g/mol. The molecule has 0 saturated heterocycles. The minimum absolute atomic E-state index is 0.0217. The average Bonchev–Trinajstić information content (AvgIpc) is 2.75. The van der Waals surface area contributed by atoms with E-state index in [4.69, 9.17) is 18.9 Å². The maximum Gasteiger partial charge on any atom is 0.310 e. The number of esters is 1. The third-order valence-electron chi connectivity index (χ3n) is 4.57. The van der Waals surface area contributed by atoms with Crippen molar-refractivity contribution in [2.45, 2.75) is 32.9 Å². The Morgan fingerprint density at radius 3 is 2.00 bits per heavy atom. The Morgan fingerprint density at radius 1 is 0.900 bits per heavy atom. The third-order valence-corrected chi connectivity index (χ3v) is 4.57. The Labute approximate surface area is 177 Å². The van der Waals surface area contributed by atoms with Crippen molar-refractivity contribution < 1.29 is 28.5 Å². The molecule has 0 radical (unpaired) electrons. The minimum atomic E-state index is -0.513. The highest BCUT2D eigenvalue weighted by atomic mass is 16.5. The Hall–Kier alpha value is -3.22. The van der Waals surface area contributed by atoms with Gasteiger partial charge in [0.05, 0.1) is 27.8 Å². The molecule has 0 aromatic heterocycles. The van der Waals surface area contributed by atoms with Crippen molar-refractivity contribution in [1.82, 2.24) is 4.90 Å². The molecule has 30 heavy (non-hydrogen) atoms. The van der Waals surface area contributed by atoms with Gasteiger partial charge in [-0.15, -0.1) is 0 Å². The fraction of sp³-hybridized carbons (Fsp3) is 0.391. The van der Waals surface area contributed by atoms with Crippen molar-refractivity contribution in [3.63, 3.8) is 0 Å². The summed E-state index contributed by atoms with van der Waals surface area (Å²) in [5.74, 6) is 0.586. The zero-order valence-electron chi connectivity index (χ0n) is 18.1. The first kappa shape index (κ1) is 23.1. The second-order valence-electron chi connectivity index (χ2n) is 6.97. The first-order chi connectivity index (χ1) is 14.4. The highest BCUT2D eigenvalue weighted by Crippen LogP contribution is 2.38. The van der Waals surface area contributed by atoms with E-state index in [0.29, 0.717) is 29.4 Å². The highest BCUT2D eigenvalue weighted by molar-refractivity contribution is 5.81. The van der Waals surface area contributed by atoms with Crippen molar-refractivity contribution in [2.24, 2.45) is 0 Å². The number of amides is 1. The summed E-state index contributed by atoms with van der Waals surface area (Å²) in [7, 11) is 4.52. The van der Waals surface area contributed by atoms with E-state index in [2.05, 4.69) is 0 Å². The van der Waals surface area contributed by atoms with Crippen LogP contribution in [0.5, 0.6) is 17.2 Å². The molecule has 0 unspecified atom stereocenters. The van der Waals surface area contributed by atoms with Crippen LogP contribution >= 0.6 is 0 Å². The molecule has 1 amide bonds. The molecule has 0 saturated carbocycles. The SMILES string of the molecule is COc1cc(CC(=O)OCC(=O)N(Cc2ccccc2)C(C)C)cc(OC)c1OC. The monoisotopic (exact) mass is 415 g/mol. The molecule has 7 heteroatoms. The molecule has 0 aliphatic rings. The summed E-state index contributed by atoms with van der Waals surface area (Å²) < 4.78 is 21.1. The van der Waals surface area contributed by atoms with E-state index in [1.807, 2.05) is 44.2 Å².